The van der Waals surface area contributed by atoms with E-state index < -0.39 is 0 Å². The Bertz CT molecular complexity index is 805. The van der Waals surface area contributed by atoms with Crippen molar-refractivity contribution < 1.29 is 4.79 Å². The van der Waals surface area contributed by atoms with Crippen molar-refractivity contribution in [1.82, 2.24) is 0 Å². The minimum atomic E-state index is -0.342. The number of rotatable bonds is 0. The maximum absolute atomic E-state index is 13.4. The highest BCUT2D eigenvalue weighted by molar-refractivity contribution is 8.02. The number of para-hydroxylation sites is 1. The summed E-state index contributed by atoms with van der Waals surface area (Å²) in [5.74, 6) is 2.53. The van der Waals surface area contributed by atoms with E-state index in [0.29, 0.717) is 11.8 Å². The molecule has 0 N–H and O–H groups in total. The molecule has 116 valence electrons. The van der Waals surface area contributed by atoms with E-state index in [9.17, 15) is 4.79 Å². The van der Waals surface area contributed by atoms with Gasteiger partial charge >= 0.3 is 0 Å². The van der Waals surface area contributed by atoms with Crippen LogP contribution in [-0.2, 0) is 6.42 Å². The van der Waals surface area contributed by atoms with Gasteiger partial charge in [0.25, 0.3) is 0 Å². The smallest absolute Gasteiger partial charge is 0.182 e. The van der Waals surface area contributed by atoms with E-state index in [2.05, 4.69) is 35.2 Å². The second-order valence-corrected chi connectivity index (χ2v) is 8.93. The average Bonchev–Trinajstić information content (AvgIpc) is 2.88. The molecule has 4 heteroatoms. The molecule has 1 saturated heterocycles. The Balaban J connectivity index is 1.68. The fourth-order valence-corrected chi connectivity index (χ4v) is 7.04. The lowest BCUT2D eigenvalue weighted by atomic mass is 9.80. The molecule has 2 atom stereocenters. The molecular weight excluding hydrogens is 322 g/mol. The zero-order valence-electron chi connectivity index (χ0n) is 12.7. The van der Waals surface area contributed by atoms with Crippen LogP contribution < -0.4 is 4.90 Å². The highest BCUT2D eigenvalue weighted by Gasteiger charge is 2.56. The summed E-state index contributed by atoms with van der Waals surface area (Å²) in [4.78, 5) is 17.0. The first-order valence-corrected chi connectivity index (χ1v) is 10.0. The molecule has 23 heavy (non-hydrogen) atoms. The number of carbonyl (C=O) groups is 1. The second kappa shape index (κ2) is 5.05. The lowest BCUT2D eigenvalue weighted by Gasteiger charge is -2.50. The summed E-state index contributed by atoms with van der Waals surface area (Å²) < 4.78 is -0.342. The highest BCUT2D eigenvalue weighted by atomic mass is 32.2. The third-order valence-corrected chi connectivity index (χ3v) is 7.79. The maximum Gasteiger partial charge on any atom is 0.182 e. The molecule has 0 radical (unpaired) electrons. The molecule has 0 aromatic heterocycles. The molecule has 0 unspecified atom stereocenters. The number of hydrogen-bond acceptors (Lipinski definition) is 4. The van der Waals surface area contributed by atoms with E-state index in [-0.39, 0.29) is 4.75 Å². The Morgan fingerprint density at radius 3 is 2.83 bits per heavy atom. The Morgan fingerprint density at radius 1 is 1.09 bits per heavy atom. The van der Waals surface area contributed by atoms with Gasteiger partial charge in [-0.05, 0) is 24.1 Å². The fourth-order valence-electron chi connectivity index (χ4n) is 4.17. The average molecular weight is 339 g/mol. The van der Waals surface area contributed by atoms with E-state index in [4.69, 9.17) is 0 Å². The van der Waals surface area contributed by atoms with Crippen LogP contribution in [-0.4, -0.2) is 34.6 Å². The Kier molecular flexibility index (Phi) is 3.07. The van der Waals surface area contributed by atoms with Crippen molar-refractivity contribution in [2.24, 2.45) is 0 Å². The zero-order valence-corrected chi connectivity index (χ0v) is 14.3. The van der Waals surface area contributed by atoms with Gasteiger partial charge in [-0.1, -0.05) is 36.4 Å². The molecule has 0 bridgehead atoms. The highest BCUT2D eigenvalue weighted by Crippen LogP contribution is 2.54. The Labute approximate surface area is 144 Å². The van der Waals surface area contributed by atoms with E-state index in [1.54, 1.807) is 0 Å². The van der Waals surface area contributed by atoms with Gasteiger partial charge in [0, 0.05) is 34.2 Å². The van der Waals surface area contributed by atoms with Crippen LogP contribution in [0.15, 0.2) is 53.4 Å². The fraction of sp³-hybridized carbons (Fsp3) is 0.316. The number of fused-ring (bicyclic) bond motifs is 5. The molecule has 1 spiro atoms. The number of anilines is 1. The van der Waals surface area contributed by atoms with Crippen molar-refractivity contribution in [2.75, 3.05) is 23.0 Å². The molecule has 2 nitrogen and oxygen atoms in total. The van der Waals surface area contributed by atoms with Gasteiger partial charge in [0.1, 0.15) is 4.75 Å². The predicted octanol–water partition coefficient (Wildman–Crippen LogP) is 3.89. The third kappa shape index (κ3) is 1.88. The minimum absolute atomic E-state index is 0.293. The van der Waals surface area contributed by atoms with Crippen molar-refractivity contribution in [2.45, 2.75) is 22.1 Å². The standard InChI is InChI=1S/C19H17NOS2/c21-18-14-6-2-4-8-16(14)23-19(18)11-13-5-1-3-7-15(13)20-9-10-22-12-17(19)20/h1-8,17H,9-12H2/t17-,19-/m1/s1. The van der Waals surface area contributed by atoms with Crippen LogP contribution in [0, 0.1) is 0 Å². The van der Waals surface area contributed by atoms with Crippen LogP contribution in [0.25, 0.3) is 0 Å². The molecule has 1 fully saturated rings. The predicted molar refractivity (Wildman–Crippen MR) is 98.0 cm³/mol. The van der Waals surface area contributed by atoms with Crippen LogP contribution in [0.5, 0.6) is 0 Å². The SMILES string of the molecule is O=C1c2ccccc2S[C@@]12Cc1ccccc1N1CCSC[C@@H]12. The van der Waals surface area contributed by atoms with Crippen molar-refractivity contribution in [3.05, 3.63) is 59.7 Å². The van der Waals surface area contributed by atoms with Gasteiger partial charge in [0.2, 0.25) is 0 Å². The molecule has 3 heterocycles. The molecule has 3 aliphatic heterocycles. The molecule has 0 aliphatic carbocycles. The molecule has 3 aliphatic rings. The van der Waals surface area contributed by atoms with Gasteiger partial charge in [-0.2, -0.15) is 11.8 Å². The Hall–Kier alpha value is -1.39. The number of Topliss-reactive ketones (excluding diaryl/α,β-unsaturated/α-hetero) is 1. The zero-order chi connectivity index (χ0) is 15.4. The quantitative estimate of drug-likeness (QED) is 0.725. The molecular formula is C19H17NOS2. The monoisotopic (exact) mass is 339 g/mol. The largest absolute Gasteiger partial charge is 0.365 e. The third-order valence-electron chi connectivity index (χ3n) is 5.23. The summed E-state index contributed by atoms with van der Waals surface area (Å²) in [6.07, 6.45) is 0.850. The van der Waals surface area contributed by atoms with Gasteiger partial charge < -0.3 is 4.90 Å². The molecule has 2 aromatic carbocycles. The number of carbonyl (C=O) groups excluding carboxylic acids is 1. The van der Waals surface area contributed by atoms with Crippen molar-refractivity contribution in [1.29, 1.82) is 0 Å². The summed E-state index contributed by atoms with van der Waals surface area (Å²) in [5, 5.41) is 0. The topological polar surface area (TPSA) is 20.3 Å². The van der Waals surface area contributed by atoms with E-state index in [1.165, 1.54) is 11.3 Å². The normalized spacial score (nSPS) is 28.4. The summed E-state index contributed by atoms with van der Waals surface area (Å²) in [6.45, 7) is 1.04. The maximum atomic E-state index is 13.4. The Morgan fingerprint density at radius 2 is 1.91 bits per heavy atom. The van der Waals surface area contributed by atoms with Crippen LogP contribution in [0.2, 0.25) is 0 Å². The van der Waals surface area contributed by atoms with Gasteiger partial charge in [-0.3, -0.25) is 4.79 Å². The first-order valence-electron chi connectivity index (χ1n) is 8.05. The van der Waals surface area contributed by atoms with Crippen molar-refractivity contribution in [3.8, 4) is 0 Å². The van der Waals surface area contributed by atoms with Gasteiger partial charge in [0.15, 0.2) is 5.78 Å². The summed E-state index contributed by atoms with van der Waals surface area (Å²) in [6, 6.07) is 17.1. The minimum Gasteiger partial charge on any atom is -0.365 e. The number of thioether (sulfide) groups is 2. The van der Waals surface area contributed by atoms with Crippen LogP contribution >= 0.6 is 23.5 Å². The van der Waals surface area contributed by atoms with Gasteiger partial charge in [-0.25, -0.2) is 0 Å². The number of hydrogen-bond donors (Lipinski definition) is 0. The second-order valence-electron chi connectivity index (χ2n) is 6.41. The van der Waals surface area contributed by atoms with Crippen LogP contribution in [0.1, 0.15) is 15.9 Å². The van der Waals surface area contributed by atoms with Crippen LogP contribution in [0.3, 0.4) is 0 Å². The van der Waals surface area contributed by atoms with E-state index in [1.807, 2.05) is 41.7 Å². The molecule has 2 aromatic rings. The summed E-state index contributed by atoms with van der Waals surface area (Å²) in [5.41, 5.74) is 3.59. The van der Waals surface area contributed by atoms with Gasteiger partial charge in [0.05, 0.1) is 6.04 Å². The molecule has 0 amide bonds. The molecule has 0 saturated carbocycles. The van der Waals surface area contributed by atoms with Crippen molar-refractivity contribution in [3.63, 3.8) is 0 Å². The lowest BCUT2D eigenvalue weighted by molar-refractivity contribution is 0.0930. The summed E-state index contributed by atoms with van der Waals surface area (Å²) >= 11 is 3.80. The van der Waals surface area contributed by atoms with E-state index in [0.717, 1.165) is 34.9 Å². The van der Waals surface area contributed by atoms with Crippen molar-refractivity contribution >= 4 is 35.0 Å². The number of nitrogens with zero attached hydrogens (tertiary/aromatic N) is 1. The van der Waals surface area contributed by atoms with Crippen LogP contribution in [0.4, 0.5) is 5.69 Å². The number of ketones is 1. The molecule has 5 rings (SSSR count). The first-order chi connectivity index (χ1) is 11.3. The van der Waals surface area contributed by atoms with E-state index >= 15 is 0 Å². The number of benzene rings is 2. The van der Waals surface area contributed by atoms with Gasteiger partial charge in [-0.15, -0.1) is 11.8 Å². The summed E-state index contributed by atoms with van der Waals surface area (Å²) in [7, 11) is 0. The first kappa shape index (κ1) is 14.0. The lowest BCUT2D eigenvalue weighted by Crippen LogP contribution is -2.61.